The number of H-pyrrole nitrogens is 1. The van der Waals surface area contributed by atoms with E-state index in [1.807, 2.05) is 13.1 Å². The second-order valence-corrected chi connectivity index (χ2v) is 6.70. The maximum absolute atomic E-state index is 11.6. The van der Waals surface area contributed by atoms with Crippen LogP contribution in [0, 0.1) is 10.1 Å². The van der Waals surface area contributed by atoms with E-state index in [0.717, 1.165) is 23.9 Å². The first-order chi connectivity index (χ1) is 14.0. The van der Waals surface area contributed by atoms with E-state index in [0.29, 0.717) is 30.2 Å². The molecular formula is C21H23N3O5. The first-order valence-corrected chi connectivity index (χ1v) is 9.22. The Kier molecular flexibility index (Phi) is 6.46. The molecular weight excluding hydrogens is 374 g/mol. The zero-order chi connectivity index (χ0) is 20.8. The number of pyridine rings is 1. The second kappa shape index (κ2) is 9.20. The summed E-state index contributed by atoms with van der Waals surface area (Å²) in [6.45, 7) is 2.00. The molecule has 8 nitrogen and oxygen atoms in total. The quantitative estimate of drug-likeness (QED) is 0.440. The number of likely N-dealkylation sites (N-methyl/N-ethyl adjacent to an activating group) is 1. The van der Waals surface area contributed by atoms with Crippen LogP contribution in [0.2, 0.25) is 0 Å². The number of hydrogen-bond acceptors (Lipinski definition) is 6. The van der Waals surface area contributed by atoms with Crippen LogP contribution in [-0.4, -0.2) is 48.7 Å². The van der Waals surface area contributed by atoms with Crippen LogP contribution < -0.4 is 15.0 Å². The molecule has 0 aliphatic rings. The van der Waals surface area contributed by atoms with E-state index in [1.54, 1.807) is 31.4 Å². The maximum atomic E-state index is 11.6. The van der Waals surface area contributed by atoms with Crippen LogP contribution in [0.15, 0.2) is 53.3 Å². The molecule has 3 rings (SSSR count). The predicted molar refractivity (Wildman–Crippen MR) is 111 cm³/mol. The molecule has 152 valence electrons. The first-order valence-electron chi connectivity index (χ1n) is 9.22. The largest absolute Gasteiger partial charge is 0.495 e. The summed E-state index contributed by atoms with van der Waals surface area (Å²) in [5.41, 5.74) is 1.57. The molecule has 3 aromatic rings. The van der Waals surface area contributed by atoms with E-state index in [1.165, 1.54) is 18.2 Å². The molecule has 0 bridgehead atoms. The molecule has 1 aromatic heterocycles. The van der Waals surface area contributed by atoms with Gasteiger partial charge in [0.05, 0.1) is 17.5 Å². The topological polar surface area (TPSA) is 97.7 Å². The van der Waals surface area contributed by atoms with Gasteiger partial charge in [0.25, 0.3) is 5.69 Å². The van der Waals surface area contributed by atoms with Crippen LogP contribution in [0.4, 0.5) is 5.69 Å². The summed E-state index contributed by atoms with van der Waals surface area (Å²) in [7, 11) is 3.55. The zero-order valence-electron chi connectivity index (χ0n) is 16.4. The van der Waals surface area contributed by atoms with Gasteiger partial charge in [-0.05, 0) is 37.2 Å². The number of hydrogen-bond donors (Lipinski definition) is 1. The Bertz CT molecular complexity index is 1050. The van der Waals surface area contributed by atoms with Crippen molar-refractivity contribution in [2.24, 2.45) is 0 Å². The molecule has 0 fully saturated rings. The molecule has 0 amide bonds. The van der Waals surface area contributed by atoms with Gasteiger partial charge < -0.3 is 19.4 Å². The monoisotopic (exact) mass is 397 g/mol. The van der Waals surface area contributed by atoms with Crippen LogP contribution in [0.25, 0.3) is 10.9 Å². The Morgan fingerprint density at radius 3 is 2.45 bits per heavy atom. The number of fused-ring (bicyclic) bond motifs is 1. The molecule has 8 heteroatoms. The number of nitro groups is 1. The van der Waals surface area contributed by atoms with Gasteiger partial charge in [-0.15, -0.1) is 0 Å². The van der Waals surface area contributed by atoms with Crippen molar-refractivity contribution in [3.8, 4) is 11.5 Å². The third-order valence-electron chi connectivity index (χ3n) is 4.70. The minimum atomic E-state index is -0.397. The molecule has 0 radical (unpaired) electrons. The fourth-order valence-corrected chi connectivity index (χ4v) is 3.02. The average Bonchev–Trinajstić information content (AvgIpc) is 2.72. The van der Waals surface area contributed by atoms with Gasteiger partial charge in [0.1, 0.15) is 18.1 Å². The highest BCUT2D eigenvalue weighted by atomic mass is 16.6. The van der Waals surface area contributed by atoms with Crippen molar-refractivity contribution in [3.63, 3.8) is 0 Å². The number of nitro benzene ring substituents is 1. The Balaban J connectivity index is 1.54. The van der Waals surface area contributed by atoms with Gasteiger partial charge in [-0.2, -0.15) is 0 Å². The summed E-state index contributed by atoms with van der Waals surface area (Å²) in [6.07, 6.45) is 0.793. The summed E-state index contributed by atoms with van der Waals surface area (Å²) < 4.78 is 11.2. The Labute approximate surface area is 167 Å². The molecule has 0 spiro atoms. The number of rotatable bonds is 9. The van der Waals surface area contributed by atoms with Gasteiger partial charge in [0, 0.05) is 36.7 Å². The van der Waals surface area contributed by atoms with Crippen LogP contribution in [0.1, 0.15) is 5.56 Å². The van der Waals surface area contributed by atoms with Gasteiger partial charge in [-0.1, -0.05) is 12.1 Å². The third-order valence-corrected chi connectivity index (χ3v) is 4.70. The molecule has 0 aliphatic heterocycles. The third kappa shape index (κ3) is 5.11. The van der Waals surface area contributed by atoms with Crippen LogP contribution in [0.3, 0.4) is 0 Å². The lowest BCUT2D eigenvalue weighted by atomic mass is 10.1. The van der Waals surface area contributed by atoms with Crippen molar-refractivity contribution in [1.29, 1.82) is 0 Å². The van der Waals surface area contributed by atoms with E-state index in [4.69, 9.17) is 9.47 Å². The molecule has 0 saturated heterocycles. The molecule has 0 saturated carbocycles. The van der Waals surface area contributed by atoms with E-state index >= 15 is 0 Å². The number of methoxy groups -OCH3 is 1. The van der Waals surface area contributed by atoms with Crippen LogP contribution in [0.5, 0.6) is 11.5 Å². The van der Waals surface area contributed by atoms with Crippen molar-refractivity contribution in [1.82, 2.24) is 9.88 Å². The molecule has 0 unspecified atom stereocenters. The number of benzene rings is 2. The summed E-state index contributed by atoms with van der Waals surface area (Å²) in [5.74, 6) is 1.27. The van der Waals surface area contributed by atoms with E-state index < -0.39 is 4.92 Å². The summed E-state index contributed by atoms with van der Waals surface area (Å²) in [6, 6.07) is 13.4. The zero-order valence-corrected chi connectivity index (χ0v) is 16.4. The number of nitrogens with zero attached hydrogens (tertiary/aromatic N) is 2. The Morgan fingerprint density at radius 1 is 1.03 bits per heavy atom. The smallest absolute Gasteiger partial charge is 0.269 e. The standard InChI is InChI=1S/C21H23N3O5/c1-23(12-11-15-3-5-16(6-4-15)24(26)27)13-14-29-18-8-9-19(28-2)21-17(18)7-10-20(25)22-21/h3-10H,11-14H2,1-2H3,(H,22,25). The summed E-state index contributed by atoms with van der Waals surface area (Å²) in [4.78, 5) is 26.8. The maximum Gasteiger partial charge on any atom is 0.269 e. The Morgan fingerprint density at radius 2 is 1.76 bits per heavy atom. The molecule has 0 atom stereocenters. The van der Waals surface area contributed by atoms with E-state index in [2.05, 4.69) is 9.88 Å². The van der Waals surface area contributed by atoms with Gasteiger partial charge in [0.15, 0.2) is 0 Å². The first kappa shape index (κ1) is 20.3. The van der Waals surface area contributed by atoms with Crippen molar-refractivity contribution < 1.29 is 14.4 Å². The normalized spacial score (nSPS) is 11.0. The van der Waals surface area contributed by atoms with Crippen molar-refractivity contribution in [2.45, 2.75) is 6.42 Å². The summed E-state index contributed by atoms with van der Waals surface area (Å²) >= 11 is 0. The highest BCUT2D eigenvalue weighted by molar-refractivity contribution is 5.89. The molecule has 1 heterocycles. The SMILES string of the molecule is COc1ccc(OCCN(C)CCc2ccc([N+](=O)[O-])cc2)c2ccc(=O)[nH]c12. The van der Waals surface area contributed by atoms with E-state index in [-0.39, 0.29) is 11.2 Å². The minimum Gasteiger partial charge on any atom is -0.495 e. The van der Waals surface area contributed by atoms with Gasteiger partial charge in [0.2, 0.25) is 5.56 Å². The molecule has 29 heavy (non-hydrogen) atoms. The average molecular weight is 397 g/mol. The lowest BCUT2D eigenvalue weighted by Crippen LogP contribution is -2.26. The van der Waals surface area contributed by atoms with Crippen LogP contribution in [-0.2, 0) is 6.42 Å². The second-order valence-electron chi connectivity index (χ2n) is 6.70. The van der Waals surface area contributed by atoms with Crippen molar-refractivity contribution in [3.05, 3.63) is 74.6 Å². The fourth-order valence-electron chi connectivity index (χ4n) is 3.02. The van der Waals surface area contributed by atoms with Crippen molar-refractivity contribution in [2.75, 3.05) is 33.9 Å². The molecule has 1 N–H and O–H groups in total. The molecule has 0 aliphatic carbocycles. The Hall–Kier alpha value is -3.39. The van der Waals surface area contributed by atoms with E-state index in [9.17, 15) is 14.9 Å². The molecule has 2 aromatic carbocycles. The lowest BCUT2D eigenvalue weighted by molar-refractivity contribution is -0.384. The highest BCUT2D eigenvalue weighted by Gasteiger charge is 2.09. The van der Waals surface area contributed by atoms with Gasteiger partial charge in [-0.3, -0.25) is 14.9 Å². The predicted octanol–water partition coefficient (Wildman–Crippen LogP) is 3.00. The highest BCUT2D eigenvalue weighted by Crippen LogP contribution is 2.30. The minimum absolute atomic E-state index is 0.101. The number of aromatic amines is 1. The number of non-ortho nitro benzene ring substituents is 1. The number of aromatic nitrogens is 1. The van der Waals surface area contributed by atoms with Crippen molar-refractivity contribution >= 4 is 16.6 Å². The van der Waals surface area contributed by atoms with Gasteiger partial charge in [-0.25, -0.2) is 0 Å². The lowest BCUT2D eigenvalue weighted by Gasteiger charge is -2.18. The number of nitrogens with one attached hydrogen (secondary N) is 1. The summed E-state index contributed by atoms with van der Waals surface area (Å²) in [5, 5.41) is 11.5. The van der Waals surface area contributed by atoms with Gasteiger partial charge >= 0.3 is 0 Å². The van der Waals surface area contributed by atoms with Crippen LogP contribution >= 0.6 is 0 Å². The number of ether oxygens (including phenoxy) is 2. The fraction of sp³-hybridized carbons (Fsp3) is 0.286.